The summed E-state index contributed by atoms with van der Waals surface area (Å²) in [6, 6.07) is 15.1. The summed E-state index contributed by atoms with van der Waals surface area (Å²) in [5.41, 5.74) is 0.900. The summed E-state index contributed by atoms with van der Waals surface area (Å²) >= 11 is 0. The van der Waals surface area contributed by atoms with E-state index >= 15 is 0 Å². The first-order valence-electron chi connectivity index (χ1n) is 10.7. The van der Waals surface area contributed by atoms with E-state index in [9.17, 15) is 14.4 Å². The van der Waals surface area contributed by atoms with Crippen molar-refractivity contribution in [2.75, 3.05) is 5.32 Å². The molecule has 5 rings (SSSR count). The van der Waals surface area contributed by atoms with Crippen molar-refractivity contribution < 1.29 is 19.1 Å². The highest BCUT2D eigenvalue weighted by atomic mass is 16.6. The topological polar surface area (TPSA) is 87.7 Å². The molecule has 31 heavy (non-hydrogen) atoms. The van der Waals surface area contributed by atoms with Crippen LogP contribution >= 0.6 is 0 Å². The van der Waals surface area contributed by atoms with Crippen molar-refractivity contribution in [2.24, 2.45) is 5.92 Å². The van der Waals surface area contributed by atoms with Gasteiger partial charge in [0.05, 0.1) is 5.56 Å². The smallest absolute Gasteiger partial charge is 0.339 e. The molecule has 7 heteroatoms. The van der Waals surface area contributed by atoms with Crippen LogP contribution in [-0.4, -0.2) is 40.9 Å². The molecule has 3 aliphatic rings. The number of carbonyl (C=O) groups is 3. The Morgan fingerprint density at radius 2 is 1.81 bits per heavy atom. The van der Waals surface area contributed by atoms with E-state index in [2.05, 4.69) is 10.6 Å². The maximum absolute atomic E-state index is 13.4. The predicted molar refractivity (Wildman–Crippen MR) is 114 cm³/mol. The third kappa shape index (κ3) is 2.99. The molecule has 4 atom stereocenters. The Kier molecular flexibility index (Phi) is 4.50. The van der Waals surface area contributed by atoms with E-state index in [0.717, 1.165) is 11.3 Å². The first-order valence-corrected chi connectivity index (χ1v) is 10.7. The van der Waals surface area contributed by atoms with Crippen LogP contribution in [0.25, 0.3) is 0 Å². The van der Waals surface area contributed by atoms with Gasteiger partial charge in [0.15, 0.2) is 5.60 Å². The van der Waals surface area contributed by atoms with Gasteiger partial charge in [0.25, 0.3) is 0 Å². The molecule has 0 radical (unpaired) electrons. The van der Waals surface area contributed by atoms with E-state index in [0.29, 0.717) is 12.0 Å². The number of esters is 1. The molecular weight excluding hydrogens is 394 g/mol. The molecule has 0 aromatic heterocycles. The minimum Gasteiger partial charge on any atom is -0.446 e. The van der Waals surface area contributed by atoms with Gasteiger partial charge < -0.3 is 20.3 Å². The van der Waals surface area contributed by atoms with Gasteiger partial charge in [-0.25, -0.2) is 4.79 Å². The Labute approximate surface area is 180 Å². The maximum Gasteiger partial charge on any atom is 0.339 e. The fourth-order valence-electron chi connectivity index (χ4n) is 5.06. The molecule has 0 bridgehead atoms. The molecule has 0 unspecified atom stereocenters. The molecule has 3 heterocycles. The number of nitrogens with zero attached hydrogens (tertiary/aromatic N) is 1. The molecule has 2 amide bonds. The number of benzene rings is 2. The zero-order valence-electron chi connectivity index (χ0n) is 17.5. The summed E-state index contributed by atoms with van der Waals surface area (Å²) in [5, 5.41) is 6.25. The molecule has 2 N–H and O–H groups in total. The zero-order valence-corrected chi connectivity index (χ0v) is 17.5. The highest BCUT2D eigenvalue weighted by Gasteiger charge is 2.65. The molecule has 2 aromatic carbocycles. The van der Waals surface area contributed by atoms with Crippen LogP contribution in [0.5, 0.6) is 0 Å². The highest BCUT2D eigenvalue weighted by Crippen LogP contribution is 2.53. The second-order valence-corrected chi connectivity index (χ2v) is 8.89. The number of hydrogen-bond acceptors (Lipinski definition) is 5. The summed E-state index contributed by atoms with van der Waals surface area (Å²) in [6.07, 6.45) is 0.145. The van der Waals surface area contributed by atoms with Crippen LogP contribution in [0.3, 0.4) is 0 Å². The van der Waals surface area contributed by atoms with Gasteiger partial charge in [-0.2, -0.15) is 0 Å². The lowest BCUT2D eigenvalue weighted by Gasteiger charge is -2.38. The Morgan fingerprint density at radius 1 is 1.10 bits per heavy atom. The molecule has 2 saturated heterocycles. The first-order chi connectivity index (χ1) is 14.9. The third-order valence-corrected chi connectivity index (χ3v) is 6.39. The van der Waals surface area contributed by atoms with Crippen molar-refractivity contribution in [3.8, 4) is 0 Å². The predicted octanol–water partition coefficient (Wildman–Crippen LogP) is 2.64. The quantitative estimate of drug-likeness (QED) is 0.744. The maximum atomic E-state index is 13.4. The van der Waals surface area contributed by atoms with Gasteiger partial charge in [-0.3, -0.25) is 9.59 Å². The molecular formula is C24H25N3O4. The number of hydrogen-bond donors (Lipinski definition) is 2. The van der Waals surface area contributed by atoms with E-state index in [1.165, 1.54) is 0 Å². The number of rotatable bonds is 4. The van der Waals surface area contributed by atoms with Gasteiger partial charge >= 0.3 is 5.97 Å². The van der Waals surface area contributed by atoms with E-state index in [-0.39, 0.29) is 24.2 Å². The highest BCUT2D eigenvalue weighted by molar-refractivity contribution is 5.99. The van der Waals surface area contributed by atoms with Crippen LogP contribution < -0.4 is 10.6 Å². The number of anilines is 1. The van der Waals surface area contributed by atoms with Crippen molar-refractivity contribution in [1.82, 2.24) is 10.2 Å². The number of fused-ring (bicyclic) bond motifs is 5. The third-order valence-electron chi connectivity index (χ3n) is 6.39. The number of para-hydroxylation sites is 1. The first kappa shape index (κ1) is 19.6. The van der Waals surface area contributed by atoms with Gasteiger partial charge in [-0.05, 0) is 30.5 Å². The van der Waals surface area contributed by atoms with Gasteiger partial charge in [0, 0.05) is 17.7 Å². The van der Waals surface area contributed by atoms with Crippen molar-refractivity contribution >= 4 is 23.5 Å². The largest absolute Gasteiger partial charge is 0.446 e. The van der Waals surface area contributed by atoms with Crippen LogP contribution in [0.1, 0.15) is 42.6 Å². The van der Waals surface area contributed by atoms with Crippen molar-refractivity contribution in [2.45, 2.75) is 50.5 Å². The Hall–Kier alpha value is -3.35. The van der Waals surface area contributed by atoms with Crippen LogP contribution in [0.15, 0.2) is 54.6 Å². The minimum absolute atomic E-state index is 0.138. The lowest BCUT2D eigenvalue weighted by atomic mass is 9.90. The zero-order chi connectivity index (χ0) is 21.8. The molecule has 0 saturated carbocycles. The fourth-order valence-corrected chi connectivity index (χ4v) is 5.06. The molecule has 7 nitrogen and oxygen atoms in total. The molecule has 0 aliphatic carbocycles. The summed E-state index contributed by atoms with van der Waals surface area (Å²) in [6.45, 7) is 4.04. The van der Waals surface area contributed by atoms with Crippen LogP contribution in [0.2, 0.25) is 0 Å². The van der Waals surface area contributed by atoms with E-state index in [1.807, 2.05) is 44.2 Å². The monoisotopic (exact) mass is 419 g/mol. The summed E-state index contributed by atoms with van der Waals surface area (Å²) < 4.78 is 6.17. The van der Waals surface area contributed by atoms with Gasteiger partial charge in [0.2, 0.25) is 11.8 Å². The number of carbonyl (C=O) groups excluding carboxylic acids is 3. The van der Waals surface area contributed by atoms with E-state index in [4.69, 9.17) is 4.74 Å². The van der Waals surface area contributed by atoms with Gasteiger partial charge in [-0.15, -0.1) is 0 Å². The SMILES string of the molecule is CC(C)C[C@@H]1NC(=O)[C@@H]2C[C@]3(OC(=O)c4ccccc4)c4ccccc4N[C@@H]3N2C1=O. The minimum atomic E-state index is -1.13. The fraction of sp³-hybridized carbons (Fsp3) is 0.375. The average molecular weight is 419 g/mol. The van der Waals surface area contributed by atoms with Crippen molar-refractivity contribution in [3.63, 3.8) is 0 Å². The van der Waals surface area contributed by atoms with E-state index < -0.39 is 29.8 Å². The number of amides is 2. The number of piperazine rings is 1. The Morgan fingerprint density at radius 3 is 2.55 bits per heavy atom. The molecule has 2 aromatic rings. The second-order valence-electron chi connectivity index (χ2n) is 8.89. The second kappa shape index (κ2) is 7.11. The van der Waals surface area contributed by atoms with Crippen molar-refractivity contribution in [1.29, 1.82) is 0 Å². The summed E-state index contributed by atoms with van der Waals surface area (Å²) in [7, 11) is 0. The Bertz CT molecular complexity index is 1050. The van der Waals surface area contributed by atoms with Crippen molar-refractivity contribution in [3.05, 3.63) is 65.7 Å². The number of ether oxygens (including phenoxy) is 1. The molecule has 2 fully saturated rings. The lowest BCUT2D eigenvalue weighted by molar-refractivity contribution is -0.149. The van der Waals surface area contributed by atoms with Gasteiger partial charge in [-0.1, -0.05) is 50.2 Å². The molecule has 160 valence electrons. The normalized spacial score (nSPS) is 28.5. The van der Waals surface area contributed by atoms with E-state index in [1.54, 1.807) is 29.2 Å². The van der Waals surface area contributed by atoms with Gasteiger partial charge in [0.1, 0.15) is 18.2 Å². The molecule has 0 spiro atoms. The molecule has 3 aliphatic heterocycles. The van der Waals surface area contributed by atoms with Crippen LogP contribution in [-0.2, 0) is 19.9 Å². The van der Waals surface area contributed by atoms with Crippen LogP contribution in [0.4, 0.5) is 5.69 Å². The number of nitrogens with one attached hydrogen (secondary N) is 2. The summed E-state index contributed by atoms with van der Waals surface area (Å²) in [4.78, 5) is 41.1. The van der Waals surface area contributed by atoms with Crippen LogP contribution in [0, 0.1) is 5.92 Å². The summed E-state index contributed by atoms with van der Waals surface area (Å²) in [5.74, 6) is -0.561. The lowest BCUT2D eigenvalue weighted by Crippen LogP contribution is -2.64. The Balaban J connectivity index is 1.56. The average Bonchev–Trinajstić information content (AvgIpc) is 3.23. The standard InChI is InChI=1S/C24H25N3O4/c1-14(2)12-18-21(29)27-19(20(28)25-18)13-24(31-22(30)15-8-4-3-5-9-15)16-10-6-7-11-17(16)26-23(24)27/h3-11,14,18-19,23,26H,12-13H2,1-2H3,(H,25,28)/t18-,19-,23+,24-/m0/s1.